The molecule has 0 aromatic carbocycles. The fourth-order valence-electron chi connectivity index (χ4n) is 0.887. The minimum atomic E-state index is -0.0972. The van der Waals surface area contributed by atoms with Crippen molar-refractivity contribution in [3.63, 3.8) is 0 Å². The van der Waals surface area contributed by atoms with Crippen LogP contribution >= 0.6 is 0 Å². The average molecular weight is 115 g/mol. The monoisotopic (exact) mass is 115 g/mol. The van der Waals surface area contributed by atoms with Crippen LogP contribution in [0.25, 0.3) is 0 Å². The Hall–Kier alpha value is -0.0800. The Morgan fingerprint density at radius 1 is 1.62 bits per heavy atom. The van der Waals surface area contributed by atoms with Crippen molar-refractivity contribution in [2.24, 2.45) is 11.7 Å². The van der Waals surface area contributed by atoms with Crippen LogP contribution in [-0.2, 0) is 0 Å². The molecule has 0 aromatic rings. The van der Waals surface area contributed by atoms with Crippen molar-refractivity contribution in [1.29, 1.82) is 0 Å². The van der Waals surface area contributed by atoms with Crippen LogP contribution in [0.4, 0.5) is 0 Å². The first-order valence-electron chi connectivity index (χ1n) is 3.22. The molecule has 0 bridgehead atoms. The summed E-state index contributed by atoms with van der Waals surface area (Å²) in [6, 6.07) is 0. The second-order valence-corrected chi connectivity index (χ2v) is 2.48. The molecule has 1 aliphatic carbocycles. The van der Waals surface area contributed by atoms with Crippen molar-refractivity contribution in [1.82, 2.24) is 0 Å². The molecular weight excluding hydrogens is 102 g/mol. The van der Waals surface area contributed by atoms with Gasteiger partial charge in [-0.1, -0.05) is 0 Å². The molecular formula is C6H13NO. The van der Waals surface area contributed by atoms with Gasteiger partial charge in [-0.05, 0) is 31.7 Å². The highest BCUT2D eigenvalue weighted by atomic mass is 16.3. The summed E-state index contributed by atoms with van der Waals surface area (Å²) in [6.45, 7) is 0.623. The summed E-state index contributed by atoms with van der Waals surface area (Å²) in [5.41, 5.74) is 5.24. The maximum absolute atomic E-state index is 9.11. The Morgan fingerprint density at radius 3 is 2.62 bits per heavy atom. The van der Waals surface area contributed by atoms with Gasteiger partial charge >= 0.3 is 0 Å². The van der Waals surface area contributed by atoms with Crippen molar-refractivity contribution >= 4 is 0 Å². The zero-order chi connectivity index (χ0) is 5.98. The van der Waals surface area contributed by atoms with Crippen LogP contribution in [0, 0.1) is 5.92 Å². The van der Waals surface area contributed by atoms with Gasteiger partial charge < -0.3 is 10.8 Å². The largest absolute Gasteiger partial charge is 0.393 e. The topological polar surface area (TPSA) is 46.2 Å². The van der Waals surface area contributed by atoms with Gasteiger partial charge in [0.1, 0.15) is 0 Å². The third kappa shape index (κ3) is 1.46. The summed E-state index contributed by atoms with van der Waals surface area (Å²) in [7, 11) is 0. The molecule has 0 saturated heterocycles. The second kappa shape index (κ2) is 2.46. The average Bonchev–Trinajstić information content (AvgIpc) is 2.45. The van der Waals surface area contributed by atoms with Gasteiger partial charge in [0.2, 0.25) is 0 Å². The van der Waals surface area contributed by atoms with Crippen molar-refractivity contribution < 1.29 is 5.11 Å². The summed E-state index contributed by atoms with van der Waals surface area (Å²) >= 11 is 0. The molecule has 48 valence electrons. The third-order valence-corrected chi connectivity index (χ3v) is 1.63. The Balaban J connectivity index is 2.03. The van der Waals surface area contributed by atoms with Crippen molar-refractivity contribution in [3.05, 3.63) is 0 Å². The molecule has 1 fully saturated rings. The second-order valence-electron chi connectivity index (χ2n) is 2.48. The van der Waals surface area contributed by atoms with E-state index in [1.165, 1.54) is 12.8 Å². The van der Waals surface area contributed by atoms with E-state index < -0.39 is 0 Å². The van der Waals surface area contributed by atoms with Gasteiger partial charge in [-0.15, -0.1) is 0 Å². The van der Waals surface area contributed by atoms with Gasteiger partial charge in [0.05, 0.1) is 6.10 Å². The molecule has 2 heteroatoms. The van der Waals surface area contributed by atoms with E-state index in [0.717, 1.165) is 6.42 Å². The maximum atomic E-state index is 9.11. The SMILES string of the molecule is NCC[C@@H](O)C1CC1. The van der Waals surface area contributed by atoms with Gasteiger partial charge in [0.25, 0.3) is 0 Å². The van der Waals surface area contributed by atoms with Crippen LogP contribution in [0.5, 0.6) is 0 Å². The van der Waals surface area contributed by atoms with Crippen LogP contribution in [0.1, 0.15) is 19.3 Å². The third-order valence-electron chi connectivity index (χ3n) is 1.63. The number of hydrogen-bond donors (Lipinski definition) is 2. The molecule has 2 nitrogen and oxygen atoms in total. The predicted octanol–water partition coefficient (Wildman–Crippen LogP) is 0.106. The molecule has 8 heavy (non-hydrogen) atoms. The van der Waals surface area contributed by atoms with Crippen LogP contribution < -0.4 is 5.73 Å². The zero-order valence-electron chi connectivity index (χ0n) is 5.01. The molecule has 0 aromatic heterocycles. The van der Waals surface area contributed by atoms with E-state index in [2.05, 4.69) is 0 Å². The molecule has 3 N–H and O–H groups in total. The molecule has 0 heterocycles. The number of nitrogens with two attached hydrogens (primary N) is 1. The molecule has 1 rings (SSSR count). The standard InChI is InChI=1S/C6H13NO/c7-4-3-6(8)5-1-2-5/h5-6,8H,1-4,7H2/t6-/m1/s1. The summed E-state index contributed by atoms with van der Waals surface area (Å²) in [4.78, 5) is 0. The van der Waals surface area contributed by atoms with Crippen molar-refractivity contribution in [2.75, 3.05) is 6.54 Å². The van der Waals surface area contributed by atoms with E-state index in [9.17, 15) is 0 Å². The van der Waals surface area contributed by atoms with Gasteiger partial charge in [0, 0.05) is 0 Å². The number of aliphatic hydroxyl groups excluding tert-OH is 1. The van der Waals surface area contributed by atoms with E-state index in [1.54, 1.807) is 0 Å². The highest BCUT2D eigenvalue weighted by Gasteiger charge is 2.28. The molecule has 0 amide bonds. The lowest BCUT2D eigenvalue weighted by molar-refractivity contribution is 0.144. The van der Waals surface area contributed by atoms with E-state index >= 15 is 0 Å². The van der Waals surface area contributed by atoms with Crippen molar-refractivity contribution in [3.8, 4) is 0 Å². The van der Waals surface area contributed by atoms with Crippen LogP contribution in [0.2, 0.25) is 0 Å². The summed E-state index contributed by atoms with van der Waals surface area (Å²) in [5.74, 6) is 0.596. The summed E-state index contributed by atoms with van der Waals surface area (Å²) < 4.78 is 0. The van der Waals surface area contributed by atoms with Crippen LogP contribution in [0.15, 0.2) is 0 Å². The van der Waals surface area contributed by atoms with E-state index in [-0.39, 0.29) is 6.10 Å². The highest BCUT2D eigenvalue weighted by molar-refractivity contribution is 4.80. The molecule has 1 saturated carbocycles. The zero-order valence-corrected chi connectivity index (χ0v) is 5.01. The number of aliphatic hydroxyl groups is 1. The van der Waals surface area contributed by atoms with Gasteiger partial charge in [-0.25, -0.2) is 0 Å². The Kier molecular flexibility index (Phi) is 1.86. The number of hydrogen-bond acceptors (Lipinski definition) is 2. The fourth-order valence-corrected chi connectivity index (χ4v) is 0.887. The maximum Gasteiger partial charge on any atom is 0.0580 e. The molecule has 1 aliphatic rings. The Labute approximate surface area is 49.7 Å². The molecule has 0 radical (unpaired) electrons. The highest BCUT2D eigenvalue weighted by Crippen LogP contribution is 2.33. The summed E-state index contributed by atoms with van der Waals surface area (Å²) in [6.07, 6.45) is 3.10. The molecule has 0 spiro atoms. The van der Waals surface area contributed by atoms with E-state index in [0.29, 0.717) is 12.5 Å². The van der Waals surface area contributed by atoms with Crippen LogP contribution in [0.3, 0.4) is 0 Å². The predicted molar refractivity (Wildman–Crippen MR) is 32.4 cm³/mol. The van der Waals surface area contributed by atoms with Crippen LogP contribution in [-0.4, -0.2) is 17.8 Å². The Bertz CT molecular complexity index is 70.9. The summed E-state index contributed by atoms with van der Waals surface area (Å²) in [5, 5.41) is 9.11. The lowest BCUT2D eigenvalue weighted by Crippen LogP contribution is -2.14. The van der Waals surface area contributed by atoms with Gasteiger partial charge in [-0.3, -0.25) is 0 Å². The Morgan fingerprint density at radius 2 is 2.25 bits per heavy atom. The number of rotatable bonds is 3. The fraction of sp³-hybridized carbons (Fsp3) is 1.00. The lowest BCUT2D eigenvalue weighted by atomic mass is 10.2. The smallest absolute Gasteiger partial charge is 0.0580 e. The normalized spacial score (nSPS) is 23.2. The minimum Gasteiger partial charge on any atom is -0.393 e. The van der Waals surface area contributed by atoms with E-state index in [1.807, 2.05) is 0 Å². The minimum absolute atomic E-state index is 0.0972. The van der Waals surface area contributed by atoms with Gasteiger partial charge in [-0.2, -0.15) is 0 Å². The molecule has 0 unspecified atom stereocenters. The lowest BCUT2D eigenvalue weighted by Gasteiger charge is -2.04. The van der Waals surface area contributed by atoms with E-state index in [4.69, 9.17) is 10.8 Å². The first-order valence-corrected chi connectivity index (χ1v) is 3.22. The van der Waals surface area contributed by atoms with Gasteiger partial charge in [0.15, 0.2) is 0 Å². The first kappa shape index (κ1) is 6.05. The molecule has 0 aliphatic heterocycles. The first-order chi connectivity index (χ1) is 3.84. The molecule has 1 atom stereocenters. The quantitative estimate of drug-likeness (QED) is 0.548. The van der Waals surface area contributed by atoms with Crippen molar-refractivity contribution in [2.45, 2.75) is 25.4 Å².